The summed E-state index contributed by atoms with van der Waals surface area (Å²) in [6.07, 6.45) is 1.06. The minimum Gasteiger partial charge on any atom is -0.377 e. The van der Waals surface area contributed by atoms with Crippen LogP contribution in [-0.4, -0.2) is 63.8 Å². The third-order valence-corrected chi connectivity index (χ3v) is 4.26. The lowest BCUT2D eigenvalue weighted by molar-refractivity contribution is -0.116. The second kappa shape index (κ2) is 8.23. The van der Waals surface area contributed by atoms with E-state index < -0.39 is 0 Å². The number of rotatable bonds is 7. The molecule has 2 heterocycles. The molecule has 7 nitrogen and oxygen atoms in total. The van der Waals surface area contributed by atoms with E-state index in [9.17, 15) is 9.59 Å². The van der Waals surface area contributed by atoms with Gasteiger partial charge in [0, 0.05) is 19.5 Å². The molecule has 0 aromatic carbocycles. The lowest BCUT2D eigenvalue weighted by atomic mass is 10.4. The number of thiophene rings is 1. The largest absolute Gasteiger partial charge is 0.377 e. The zero-order chi connectivity index (χ0) is 15.9. The first-order valence-corrected chi connectivity index (χ1v) is 8.01. The van der Waals surface area contributed by atoms with Crippen LogP contribution in [0.3, 0.4) is 0 Å². The van der Waals surface area contributed by atoms with E-state index in [1.54, 1.807) is 4.90 Å². The summed E-state index contributed by atoms with van der Waals surface area (Å²) in [5.74, 6) is -0.0288. The first-order valence-electron chi connectivity index (χ1n) is 7.19. The van der Waals surface area contributed by atoms with Crippen molar-refractivity contribution in [2.24, 2.45) is 0 Å². The molecule has 1 aromatic rings. The molecule has 0 aliphatic carbocycles. The van der Waals surface area contributed by atoms with E-state index in [1.165, 1.54) is 11.3 Å². The molecule has 0 radical (unpaired) electrons. The molecule has 2 amide bonds. The molecule has 122 valence electrons. The highest BCUT2D eigenvalue weighted by atomic mass is 32.1. The number of carbonyl (C=O) groups excluding carboxylic acids is 2. The van der Waals surface area contributed by atoms with E-state index >= 15 is 0 Å². The lowest BCUT2D eigenvalue weighted by Gasteiger charge is -2.31. The average Bonchev–Trinajstić information content (AvgIpc) is 2.95. The quantitative estimate of drug-likeness (QED) is 0.716. The van der Waals surface area contributed by atoms with Crippen LogP contribution in [0.15, 0.2) is 12.1 Å². The number of amides is 2. The van der Waals surface area contributed by atoms with Gasteiger partial charge in [-0.2, -0.15) is 0 Å². The molecule has 1 fully saturated rings. The molecule has 0 bridgehead atoms. The van der Waals surface area contributed by atoms with Crippen LogP contribution in [0.5, 0.6) is 0 Å². The highest BCUT2D eigenvalue weighted by Gasteiger charge is 2.22. The minimum atomic E-state index is -0.165. The number of ether oxygens (including phenoxy) is 1. The molecule has 1 aromatic heterocycles. The summed E-state index contributed by atoms with van der Waals surface area (Å²) < 4.78 is 5.38. The van der Waals surface area contributed by atoms with Crippen LogP contribution in [0.1, 0.15) is 6.42 Å². The summed E-state index contributed by atoms with van der Waals surface area (Å²) in [4.78, 5) is 26.7. The Labute approximate surface area is 134 Å². The van der Waals surface area contributed by atoms with Crippen molar-refractivity contribution >= 4 is 33.7 Å². The van der Waals surface area contributed by atoms with Crippen LogP contribution < -0.4 is 15.5 Å². The zero-order valence-electron chi connectivity index (χ0n) is 12.9. The lowest BCUT2D eigenvalue weighted by Crippen LogP contribution is -2.52. The van der Waals surface area contributed by atoms with E-state index in [0.29, 0.717) is 32.7 Å². The number of carbonyl (C=O) groups is 2. The van der Waals surface area contributed by atoms with Gasteiger partial charge >= 0.3 is 0 Å². The fraction of sp³-hybridized carbons (Fsp3) is 0.571. The Kier molecular flexibility index (Phi) is 6.32. The minimum absolute atomic E-state index is 0.0288. The Balaban J connectivity index is 1.94. The fourth-order valence-corrected chi connectivity index (χ4v) is 3.01. The number of morpholine rings is 1. The van der Waals surface area contributed by atoms with Crippen molar-refractivity contribution in [1.29, 1.82) is 0 Å². The highest BCUT2D eigenvalue weighted by molar-refractivity contribution is 7.20. The summed E-state index contributed by atoms with van der Waals surface area (Å²) in [6.45, 7) is 2.53. The van der Waals surface area contributed by atoms with Crippen molar-refractivity contribution in [3.8, 4) is 0 Å². The van der Waals surface area contributed by atoms with E-state index in [1.807, 2.05) is 31.1 Å². The van der Waals surface area contributed by atoms with E-state index in [0.717, 1.165) is 16.4 Å². The third-order valence-electron chi connectivity index (χ3n) is 3.25. The second-order valence-corrected chi connectivity index (χ2v) is 6.36. The van der Waals surface area contributed by atoms with E-state index in [2.05, 4.69) is 10.6 Å². The van der Waals surface area contributed by atoms with Crippen LogP contribution in [0.4, 0.5) is 10.0 Å². The summed E-state index contributed by atoms with van der Waals surface area (Å²) in [5, 5.41) is 7.61. The number of nitrogens with one attached hydrogen (secondary N) is 2. The van der Waals surface area contributed by atoms with Gasteiger partial charge in [-0.15, -0.1) is 11.3 Å². The molecular formula is C14H22N4O3S. The fourth-order valence-electron chi connectivity index (χ4n) is 2.07. The van der Waals surface area contributed by atoms with E-state index in [4.69, 9.17) is 4.74 Å². The van der Waals surface area contributed by atoms with Gasteiger partial charge in [-0.25, -0.2) is 0 Å². The SMILES string of the molecule is CN(C)CCC(=O)Nc1ccc(N(C=O)C2COCCN2)s1. The molecule has 22 heavy (non-hydrogen) atoms. The molecule has 2 rings (SSSR count). The number of hydrogen-bond acceptors (Lipinski definition) is 6. The number of nitrogens with zero attached hydrogens (tertiary/aromatic N) is 2. The Bertz CT molecular complexity index is 500. The van der Waals surface area contributed by atoms with Gasteiger partial charge in [0.1, 0.15) is 11.2 Å². The molecule has 1 atom stereocenters. The normalized spacial score (nSPS) is 18.2. The second-order valence-electron chi connectivity index (χ2n) is 5.30. The molecule has 2 N–H and O–H groups in total. The Hall–Kier alpha value is -1.48. The standard InChI is InChI=1S/C14H22N4O3S/c1-17(2)7-5-12(20)16-13-3-4-14(22-13)18(10-19)11-9-21-8-6-15-11/h3-4,10-11,15H,5-9H2,1-2H3,(H,16,20). The van der Waals surface area contributed by atoms with E-state index in [-0.39, 0.29) is 12.1 Å². The third kappa shape index (κ3) is 4.77. The van der Waals surface area contributed by atoms with Crippen molar-refractivity contribution in [3.05, 3.63) is 12.1 Å². The van der Waals surface area contributed by atoms with Crippen molar-refractivity contribution in [2.45, 2.75) is 12.6 Å². The molecule has 0 spiro atoms. The summed E-state index contributed by atoms with van der Waals surface area (Å²) in [5.41, 5.74) is 0. The van der Waals surface area contributed by atoms with Crippen LogP contribution in [0.2, 0.25) is 0 Å². The van der Waals surface area contributed by atoms with Crippen LogP contribution in [0, 0.1) is 0 Å². The first-order chi connectivity index (χ1) is 10.6. The van der Waals surface area contributed by atoms with Crippen molar-refractivity contribution in [3.63, 3.8) is 0 Å². The van der Waals surface area contributed by atoms with Gasteiger partial charge in [0.05, 0.1) is 18.2 Å². The molecule has 8 heteroatoms. The molecule has 1 unspecified atom stereocenters. The zero-order valence-corrected chi connectivity index (χ0v) is 13.7. The van der Waals surface area contributed by atoms with Gasteiger partial charge in [0.25, 0.3) is 0 Å². The average molecular weight is 326 g/mol. The predicted molar refractivity (Wildman–Crippen MR) is 87.3 cm³/mol. The monoisotopic (exact) mass is 326 g/mol. The summed E-state index contributed by atoms with van der Waals surface area (Å²) in [7, 11) is 3.86. The van der Waals surface area contributed by atoms with Gasteiger partial charge in [-0.05, 0) is 26.2 Å². The number of anilines is 2. The van der Waals surface area contributed by atoms with Gasteiger partial charge in [-0.1, -0.05) is 0 Å². The Morgan fingerprint density at radius 3 is 3.00 bits per heavy atom. The maximum atomic E-state index is 11.8. The Morgan fingerprint density at radius 2 is 2.36 bits per heavy atom. The summed E-state index contributed by atoms with van der Waals surface area (Å²) >= 11 is 1.38. The molecule has 1 aliphatic heterocycles. The van der Waals surface area contributed by atoms with Gasteiger partial charge < -0.3 is 15.0 Å². The molecular weight excluding hydrogens is 304 g/mol. The van der Waals surface area contributed by atoms with Crippen LogP contribution in [0.25, 0.3) is 0 Å². The molecule has 1 aliphatic rings. The van der Waals surface area contributed by atoms with Crippen LogP contribution >= 0.6 is 11.3 Å². The van der Waals surface area contributed by atoms with Gasteiger partial charge in [0.2, 0.25) is 12.3 Å². The highest BCUT2D eigenvalue weighted by Crippen LogP contribution is 2.30. The molecule has 0 saturated carbocycles. The predicted octanol–water partition coefficient (Wildman–Crippen LogP) is 0.547. The Morgan fingerprint density at radius 1 is 1.55 bits per heavy atom. The van der Waals surface area contributed by atoms with Crippen LogP contribution in [-0.2, 0) is 14.3 Å². The maximum Gasteiger partial charge on any atom is 0.226 e. The summed E-state index contributed by atoms with van der Waals surface area (Å²) in [6, 6.07) is 3.64. The number of hydrogen-bond donors (Lipinski definition) is 2. The van der Waals surface area contributed by atoms with Crippen molar-refractivity contribution in [2.75, 3.05) is 50.6 Å². The smallest absolute Gasteiger partial charge is 0.226 e. The topological polar surface area (TPSA) is 73.9 Å². The molecule has 1 saturated heterocycles. The van der Waals surface area contributed by atoms with Crippen molar-refractivity contribution in [1.82, 2.24) is 10.2 Å². The first kappa shape index (κ1) is 16.9. The van der Waals surface area contributed by atoms with Gasteiger partial charge in [-0.3, -0.25) is 19.8 Å². The van der Waals surface area contributed by atoms with Gasteiger partial charge in [0.15, 0.2) is 0 Å². The van der Waals surface area contributed by atoms with Crippen molar-refractivity contribution < 1.29 is 14.3 Å². The maximum absolute atomic E-state index is 11.8.